The Morgan fingerprint density at radius 2 is 2.00 bits per heavy atom. The van der Waals surface area contributed by atoms with Crippen molar-refractivity contribution >= 4 is 17.7 Å². The molecule has 1 aliphatic rings. The lowest BCUT2D eigenvalue weighted by atomic mass is 9.97. The summed E-state index contributed by atoms with van der Waals surface area (Å²) >= 11 is 0. The van der Waals surface area contributed by atoms with E-state index in [0.717, 1.165) is 25.3 Å². The molecule has 1 saturated heterocycles. The maximum absolute atomic E-state index is 12.5. The van der Waals surface area contributed by atoms with E-state index in [9.17, 15) is 9.59 Å². The Kier molecular flexibility index (Phi) is 5.96. The fourth-order valence-electron chi connectivity index (χ4n) is 2.92. The number of anilines is 1. The predicted octanol–water partition coefficient (Wildman–Crippen LogP) is 2.25. The van der Waals surface area contributed by atoms with Gasteiger partial charge >= 0.3 is 5.97 Å². The van der Waals surface area contributed by atoms with Crippen molar-refractivity contribution in [3.63, 3.8) is 0 Å². The molecule has 1 fully saturated rings. The Morgan fingerprint density at radius 1 is 1.30 bits per heavy atom. The van der Waals surface area contributed by atoms with E-state index in [1.165, 1.54) is 0 Å². The number of carboxylic acids is 1. The number of carbonyl (C=O) groups is 2. The standard InChI is InChI=1S/C17H25N3O3/c1-3-9-19(4-2)15-6-5-14(12-18-15)16(21)20-10-7-13(8-11-20)17(22)23/h5-6,12-13H,3-4,7-11H2,1-2H3,(H,22,23). The zero-order chi connectivity index (χ0) is 16.8. The molecule has 0 bridgehead atoms. The highest BCUT2D eigenvalue weighted by molar-refractivity contribution is 5.94. The van der Waals surface area contributed by atoms with Crippen LogP contribution in [0.15, 0.2) is 18.3 Å². The molecule has 1 aliphatic heterocycles. The van der Waals surface area contributed by atoms with Gasteiger partial charge in [0.1, 0.15) is 5.82 Å². The molecular formula is C17H25N3O3. The summed E-state index contributed by atoms with van der Waals surface area (Å²) in [6, 6.07) is 3.70. The number of aliphatic carboxylic acids is 1. The predicted molar refractivity (Wildman–Crippen MR) is 88.7 cm³/mol. The van der Waals surface area contributed by atoms with Gasteiger partial charge in [-0.15, -0.1) is 0 Å². The van der Waals surface area contributed by atoms with Crippen molar-refractivity contribution < 1.29 is 14.7 Å². The van der Waals surface area contributed by atoms with E-state index >= 15 is 0 Å². The van der Waals surface area contributed by atoms with Crippen LogP contribution in [-0.2, 0) is 4.79 Å². The first-order valence-corrected chi connectivity index (χ1v) is 8.29. The summed E-state index contributed by atoms with van der Waals surface area (Å²) in [6.45, 7) is 7.03. The van der Waals surface area contributed by atoms with E-state index < -0.39 is 5.97 Å². The van der Waals surface area contributed by atoms with Crippen LogP contribution >= 0.6 is 0 Å². The van der Waals surface area contributed by atoms with E-state index in [2.05, 4.69) is 23.7 Å². The third-order valence-corrected chi connectivity index (χ3v) is 4.33. The normalized spacial score (nSPS) is 15.5. The van der Waals surface area contributed by atoms with Gasteiger partial charge in [-0.2, -0.15) is 0 Å². The molecule has 1 N–H and O–H groups in total. The molecule has 0 atom stereocenters. The number of aromatic nitrogens is 1. The average Bonchev–Trinajstić information content (AvgIpc) is 2.59. The van der Waals surface area contributed by atoms with Crippen molar-refractivity contribution in [3.8, 4) is 0 Å². The zero-order valence-electron chi connectivity index (χ0n) is 13.9. The minimum Gasteiger partial charge on any atom is -0.481 e. The van der Waals surface area contributed by atoms with Crippen molar-refractivity contribution in [1.29, 1.82) is 0 Å². The van der Waals surface area contributed by atoms with E-state index in [4.69, 9.17) is 5.11 Å². The second-order valence-electron chi connectivity index (χ2n) is 5.89. The number of amides is 1. The summed E-state index contributed by atoms with van der Waals surface area (Å²) in [7, 11) is 0. The maximum Gasteiger partial charge on any atom is 0.306 e. The number of pyridine rings is 1. The largest absolute Gasteiger partial charge is 0.481 e. The average molecular weight is 319 g/mol. The first-order chi connectivity index (χ1) is 11.1. The Balaban J connectivity index is 1.99. The van der Waals surface area contributed by atoms with Crippen LogP contribution in [0.4, 0.5) is 5.82 Å². The van der Waals surface area contributed by atoms with Gasteiger partial charge in [0.05, 0.1) is 11.5 Å². The molecule has 1 aromatic rings. The van der Waals surface area contributed by atoms with Crippen molar-refractivity contribution in [2.75, 3.05) is 31.1 Å². The van der Waals surface area contributed by atoms with Crippen molar-refractivity contribution in [2.24, 2.45) is 5.92 Å². The molecular weight excluding hydrogens is 294 g/mol. The zero-order valence-corrected chi connectivity index (χ0v) is 13.9. The number of hydrogen-bond donors (Lipinski definition) is 1. The number of carboxylic acid groups (broad SMARTS) is 1. The Morgan fingerprint density at radius 3 is 2.48 bits per heavy atom. The summed E-state index contributed by atoms with van der Waals surface area (Å²) < 4.78 is 0. The van der Waals surface area contributed by atoms with E-state index in [0.29, 0.717) is 31.5 Å². The third kappa shape index (κ3) is 4.21. The second-order valence-corrected chi connectivity index (χ2v) is 5.89. The summed E-state index contributed by atoms with van der Waals surface area (Å²) in [6.07, 6.45) is 3.72. The lowest BCUT2D eigenvalue weighted by Gasteiger charge is -2.30. The van der Waals surface area contributed by atoms with Crippen LogP contribution in [0, 0.1) is 5.92 Å². The van der Waals surface area contributed by atoms with Crippen LogP contribution in [0.1, 0.15) is 43.5 Å². The Hall–Kier alpha value is -2.11. The van der Waals surface area contributed by atoms with Gasteiger partial charge in [-0.25, -0.2) is 4.98 Å². The summed E-state index contributed by atoms with van der Waals surface area (Å²) in [5, 5.41) is 9.01. The van der Waals surface area contributed by atoms with Crippen molar-refractivity contribution in [1.82, 2.24) is 9.88 Å². The van der Waals surface area contributed by atoms with Gasteiger partial charge in [0.15, 0.2) is 0 Å². The smallest absolute Gasteiger partial charge is 0.306 e. The fourth-order valence-corrected chi connectivity index (χ4v) is 2.92. The van der Waals surface area contributed by atoms with E-state index in [-0.39, 0.29) is 11.8 Å². The quantitative estimate of drug-likeness (QED) is 0.870. The van der Waals surface area contributed by atoms with Crippen molar-refractivity contribution in [3.05, 3.63) is 23.9 Å². The first-order valence-electron chi connectivity index (χ1n) is 8.29. The molecule has 1 aromatic heterocycles. The van der Waals surface area contributed by atoms with Crippen molar-refractivity contribution in [2.45, 2.75) is 33.1 Å². The third-order valence-electron chi connectivity index (χ3n) is 4.33. The lowest BCUT2D eigenvalue weighted by Crippen LogP contribution is -2.40. The van der Waals surface area contributed by atoms with Gasteiger partial charge < -0.3 is 14.9 Å². The molecule has 23 heavy (non-hydrogen) atoms. The molecule has 0 aliphatic carbocycles. The minimum absolute atomic E-state index is 0.0635. The maximum atomic E-state index is 12.5. The number of nitrogens with zero attached hydrogens (tertiary/aromatic N) is 3. The summed E-state index contributed by atoms with van der Waals surface area (Å²) in [5.74, 6) is -0.271. The number of rotatable bonds is 6. The molecule has 0 radical (unpaired) electrons. The van der Waals surface area contributed by atoms with E-state index in [1.807, 2.05) is 12.1 Å². The number of carbonyl (C=O) groups excluding carboxylic acids is 1. The molecule has 0 aromatic carbocycles. The van der Waals surface area contributed by atoms with E-state index in [1.54, 1.807) is 11.1 Å². The monoisotopic (exact) mass is 319 g/mol. The van der Waals surface area contributed by atoms with Crippen LogP contribution in [0.3, 0.4) is 0 Å². The topological polar surface area (TPSA) is 73.7 Å². The Bertz CT molecular complexity index is 537. The molecule has 1 amide bonds. The summed E-state index contributed by atoms with van der Waals surface area (Å²) in [5.41, 5.74) is 0.565. The van der Waals surface area contributed by atoms with Gasteiger partial charge in [-0.3, -0.25) is 9.59 Å². The van der Waals surface area contributed by atoms with Crippen LogP contribution in [0.25, 0.3) is 0 Å². The van der Waals surface area contributed by atoms with Gasteiger partial charge in [-0.1, -0.05) is 6.92 Å². The fraction of sp³-hybridized carbons (Fsp3) is 0.588. The Labute approximate surface area is 137 Å². The van der Waals surface area contributed by atoms with Gasteiger partial charge in [0, 0.05) is 32.4 Å². The minimum atomic E-state index is -0.765. The molecule has 6 heteroatoms. The number of piperidine rings is 1. The molecule has 126 valence electrons. The first kappa shape index (κ1) is 17.2. The molecule has 2 rings (SSSR count). The van der Waals surface area contributed by atoms with Crippen LogP contribution in [0.2, 0.25) is 0 Å². The van der Waals surface area contributed by atoms with Gasteiger partial charge in [0.2, 0.25) is 0 Å². The highest BCUT2D eigenvalue weighted by Gasteiger charge is 2.27. The molecule has 6 nitrogen and oxygen atoms in total. The highest BCUT2D eigenvalue weighted by Crippen LogP contribution is 2.20. The lowest BCUT2D eigenvalue weighted by molar-refractivity contribution is -0.143. The molecule has 0 unspecified atom stereocenters. The van der Waals surface area contributed by atoms with Gasteiger partial charge in [0.25, 0.3) is 5.91 Å². The van der Waals surface area contributed by atoms with Crippen LogP contribution in [-0.4, -0.2) is 53.0 Å². The van der Waals surface area contributed by atoms with Crippen LogP contribution < -0.4 is 4.90 Å². The van der Waals surface area contributed by atoms with Gasteiger partial charge in [-0.05, 0) is 38.3 Å². The second kappa shape index (κ2) is 7.94. The SMILES string of the molecule is CCCN(CC)c1ccc(C(=O)N2CCC(C(=O)O)CC2)cn1. The highest BCUT2D eigenvalue weighted by atomic mass is 16.4. The molecule has 2 heterocycles. The molecule has 0 spiro atoms. The molecule has 0 saturated carbocycles. The van der Waals surface area contributed by atoms with Crippen LogP contribution in [0.5, 0.6) is 0 Å². The number of likely N-dealkylation sites (tertiary alicyclic amines) is 1. The summed E-state index contributed by atoms with van der Waals surface area (Å²) in [4.78, 5) is 31.8. The number of hydrogen-bond acceptors (Lipinski definition) is 4.